The highest BCUT2D eigenvalue weighted by molar-refractivity contribution is 6.41. The predicted octanol–water partition coefficient (Wildman–Crippen LogP) is 5.70. The maximum absolute atomic E-state index is 13.7. The van der Waals surface area contributed by atoms with Gasteiger partial charge in [0.05, 0.1) is 10.5 Å². The molecule has 3 aromatic rings. The van der Waals surface area contributed by atoms with Crippen LogP contribution in [0.4, 0.5) is 4.39 Å². The lowest BCUT2D eigenvalue weighted by atomic mass is 10.1. The van der Waals surface area contributed by atoms with E-state index in [0.717, 1.165) is 0 Å². The molecule has 0 saturated heterocycles. The summed E-state index contributed by atoms with van der Waals surface area (Å²) in [7, 11) is 0. The van der Waals surface area contributed by atoms with Crippen LogP contribution in [0.2, 0.25) is 15.2 Å². The third kappa shape index (κ3) is 2.69. The maximum atomic E-state index is 13.7. The molecule has 2 nitrogen and oxygen atoms in total. The van der Waals surface area contributed by atoms with E-state index < -0.39 is 0 Å². The minimum atomic E-state index is -0.325. The van der Waals surface area contributed by atoms with E-state index in [9.17, 15) is 4.39 Å². The number of nitrogens with zero attached hydrogens (tertiary/aromatic N) is 2. The number of hydrogen-bond acceptors (Lipinski definition) is 2. The molecule has 0 saturated carbocycles. The molecule has 0 N–H and O–H groups in total. The molecular formula is C15H8Cl3FN2. The molecule has 21 heavy (non-hydrogen) atoms. The second-order valence-corrected chi connectivity index (χ2v) is 5.79. The highest BCUT2D eigenvalue weighted by atomic mass is 35.5. The minimum absolute atomic E-state index is 0.223. The van der Waals surface area contributed by atoms with Crippen molar-refractivity contribution in [3.63, 3.8) is 0 Å². The van der Waals surface area contributed by atoms with E-state index >= 15 is 0 Å². The number of aromatic nitrogens is 2. The molecule has 0 spiro atoms. The summed E-state index contributed by atoms with van der Waals surface area (Å²) in [5.41, 5.74) is 1.57. The number of rotatable bonds is 1. The van der Waals surface area contributed by atoms with E-state index in [-0.39, 0.29) is 11.0 Å². The molecule has 0 radical (unpaired) electrons. The van der Waals surface area contributed by atoms with E-state index in [2.05, 4.69) is 9.97 Å². The Morgan fingerprint density at radius 2 is 1.76 bits per heavy atom. The summed E-state index contributed by atoms with van der Waals surface area (Å²) in [4.78, 5) is 8.56. The molecule has 0 bridgehead atoms. The van der Waals surface area contributed by atoms with Crippen molar-refractivity contribution < 1.29 is 4.39 Å². The average molecular weight is 342 g/mol. The summed E-state index contributed by atoms with van der Waals surface area (Å²) in [5, 5.41) is 1.61. The molecule has 0 atom stereocenters. The summed E-state index contributed by atoms with van der Waals surface area (Å²) >= 11 is 18.3. The van der Waals surface area contributed by atoms with E-state index in [0.29, 0.717) is 37.9 Å². The molecule has 6 heteroatoms. The molecule has 1 heterocycles. The smallest absolute Gasteiger partial charge is 0.161 e. The Balaban J connectivity index is 2.27. The van der Waals surface area contributed by atoms with Gasteiger partial charge in [0.1, 0.15) is 11.0 Å². The van der Waals surface area contributed by atoms with Gasteiger partial charge in [0.25, 0.3) is 0 Å². The monoisotopic (exact) mass is 340 g/mol. The Bertz CT molecular complexity index is 865. The van der Waals surface area contributed by atoms with Crippen molar-refractivity contribution in [1.29, 1.82) is 0 Å². The standard InChI is InChI=1S/C15H8Cl3FN2/c1-7-2-3-8(4-12(7)19)15-20-13-10(14(18)21-15)5-9(16)6-11(13)17/h2-6H,1H3. The first kappa shape index (κ1) is 14.5. The van der Waals surface area contributed by atoms with Crippen LogP contribution in [0, 0.1) is 12.7 Å². The van der Waals surface area contributed by atoms with E-state index in [1.165, 1.54) is 6.07 Å². The molecule has 1 aromatic heterocycles. The van der Waals surface area contributed by atoms with Gasteiger partial charge in [0.15, 0.2) is 5.82 Å². The van der Waals surface area contributed by atoms with Gasteiger partial charge in [-0.2, -0.15) is 0 Å². The average Bonchev–Trinajstić information content (AvgIpc) is 2.43. The zero-order valence-electron chi connectivity index (χ0n) is 10.8. The van der Waals surface area contributed by atoms with Crippen LogP contribution in [0.5, 0.6) is 0 Å². The second kappa shape index (κ2) is 5.41. The Morgan fingerprint density at radius 3 is 2.48 bits per heavy atom. The number of benzene rings is 2. The zero-order chi connectivity index (χ0) is 15.1. The van der Waals surface area contributed by atoms with Gasteiger partial charge in [-0.15, -0.1) is 0 Å². The highest BCUT2D eigenvalue weighted by Crippen LogP contribution is 2.32. The van der Waals surface area contributed by atoms with Crippen molar-refractivity contribution in [1.82, 2.24) is 9.97 Å². The second-order valence-electron chi connectivity index (χ2n) is 4.59. The van der Waals surface area contributed by atoms with E-state index in [1.54, 1.807) is 31.2 Å². The lowest BCUT2D eigenvalue weighted by Gasteiger charge is -2.07. The van der Waals surface area contributed by atoms with Crippen molar-refractivity contribution in [3.8, 4) is 11.4 Å². The normalized spacial score (nSPS) is 11.1. The summed E-state index contributed by atoms with van der Waals surface area (Å²) in [6.07, 6.45) is 0. The number of fused-ring (bicyclic) bond motifs is 1. The number of halogens is 4. The fourth-order valence-corrected chi connectivity index (χ4v) is 2.74. The Kier molecular flexibility index (Phi) is 3.74. The molecule has 0 aliphatic rings. The van der Waals surface area contributed by atoms with Crippen LogP contribution in [0.25, 0.3) is 22.3 Å². The van der Waals surface area contributed by atoms with Gasteiger partial charge in [0.2, 0.25) is 0 Å². The van der Waals surface area contributed by atoms with Crippen LogP contribution in [-0.2, 0) is 0 Å². The molecule has 2 aromatic carbocycles. The van der Waals surface area contributed by atoms with Crippen LogP contribution in [0.15, 0.2) is 30.3 Å². The van der Waals surface area contributed by atoms with Crippen LogP contribution >= 0.6 is 34.8 Å². The van der Waals surface area contributed by atoms with Gasteiger partial charge >= 0.3 is 0 Å². The van der Waals surface area contributed by atoms with Gasteiger partial charge in [-0.1, -0.05) is 46.9 Å². The molecule has 0 unspecified atom stereocenters. The fraction of sp³-hybridized carbons (Fsp3) is 0.0667. The summed E-state index contributed by atoms with van der Waals surface area (Å²) < 4.78 is 13.7. The molecule has 3 rings (SSSR count). The Morgan fingerprint density at radius 1 is 1.00 bits per heavy atom. The predicted molar refractivity (Wildman–Crippen MR) is 84.7 cm³/mol. The van der Waals surface area contributed by atoms with Crippen LogP contribution in [0.1, 0.15) is 5.56 Å². The first-order valence-electron chi connectivity index (χ1n) is 6.04. The summed E-state index contributed by atoms with van der Waals surface area (Å²) in [5.74, 6) is -0.00913. The van der Waals surface area contributed by atoms with Crippen molar-refractivity contribution in [2.45, 2.75) is 6.92 Å². The van der Waals surface area contributed by atoms with Crippen molar-refractivity contribution in [2.75, 3.05) is 0 Å². The van der Waals surface area contributed by atoms with Gasteiger partial charge < -0.3 is 0 Å². The number of hydrogen-bond donors (Lipinski definition) is 0. The lowest BCUT2D eigenvalue weighted by Crippen LogP contribution is -1.94. The first-order chi connectivity index (χ1) is 9.95. The Labute approximate surface area is 135 Å². The SMILES string of the molecule is Cc1ccc(-c2nc(Cl)c3cc(Cl)cc(Cl)c3n2)cc1F. The molecular weight excluding hydrogens is 334 g/mol. The van der Waals surface area contributed by atoms with Crippen molar-refractivity contribution in [2.24, 2.45) is 0 Å². The zero-order valence-corrected chi connectivity index (χ0v) is 13.1. The lowest BCUT2D eigenvalue weighted by molar-refractivity contribution is 0.619. The van der Waals surface area contributed by atoms with Gasteiger partial charge in [-0.25, -0.2) is 14.4 Å². The summed E-state index contributed by atoms with van der Waals surface area (Å²) in [6, 6.07) is 7.99. The summed E-state index contributed by atoms with van der Waals surface area (Å²) in [6.45, 7) is 1.69. The third-order valence-corrected chi connectivity index (χ3v) is 3.90. The van der Waals surface area contributed by atoms with E-state index in [4.69, 9.17) is 34.8 Å². The largest absolute Gasteiger partial charge is 0.226 e. The minimum Gasteiger partial charge on any atom is -0.226 e. The molecule has 0 aliphatic heterocycles. The van der Waals surface area contributed by atoms with Gasteiger partial charge in [0, 0.05) is 16.0 Å². The molecule has 106 valence electrons. The Hall–Kier alpha value is -1.42. The topological polar surface area (TPSA) is 25.8 Å². The molecule has 0 amide bonds. The van der Waals surface area contributed by atoms with Gasteiger partial charge in [-0.3, -0.25) is 0 Å². The van der Waals surface area contributed by atoms with Crippen LogP contribution < -0.4 is 0 Å². The number of aryl methyl sites for hydroxylation is 1. The van der Waals surface area contributed by atoms with Crippen molar-refractivity contribution >= 4 is 45.7 Å². The van der Waals surface area contributed by atoms with Crippen LogP contribution in [0.3, 0.4) is 0 Å². The quantitative estimate of drug-likeness (QED) is 0.530. The molecule has 0 fully saturated rings. The first-order valence-corrected chi connectivity index (χ1v) is 7.18. The highest BCUT2D eigenvalue weighted by Gasteiger charge is 2.12. The van der Waals surface area contributed by atoms with Crippen molar-refractivity contribution in [3.05, 3.63) is 56.9 Å². The fourth-order valence-electron chi connectivity index (χ4n) is 1.98. The van der Waals surface area contributed by atoms with E-state index in [1.807, 2.05) is 0 Å². The third-order valence-electron chi connectivity index (χ3n) is 3.10. The van der Waals surface area contributed by atoms with Crippen LogP contribution in [-0.4, -0.2) is 9.97 Å². The maximum Gasteiger partial charge on any atom is 0.161 e. The molecule has 0 aliphatic carbocycles. The van der Waals surface area contributed by atoms with Gasteiger partial charge in [-0.05, 0) is 30.7 Å².